The van der Waals surface area contributed by atoms with Crippen molar-refractivity contribution in [2.24, 2.45) is 0 Å². The summed E-state index contributed by atoms with van der Waals surface area (Å²) in [5.41, 5.74) is 0.574. The molecule has 0 aromatic heterocycles. The van der Waals surface area contributed by atoms with Gasteiger partial charge >= 0.3 is 5.97 Å². The van der Waals surface area contributed by atoms with E-state index >= 15 is 0 Å². The van der Waals surface area contributed by atoms with Gasteiger partial charge in [-0.15, -0.1) is 0 Å². The molecule has 21 heavy (non-hydrogen) atoms. The molecule has 1 aliphatic carbocycles. The molecule has 0 bridgehead atoms. The van der Waals surface area contributed by atoms with Gasteiger partial charge in [0.05, 0.1) is 6.42 Å². The van der Waals surface area contributed by atoms with Crippen LogP contribution in [0.4, 0.5) is 0 Å². The van der Waals surface area contributed by atoms with Crippen LogP contribution in [0.3, 0.4) is 0 Å². The molecule has 0 saturated heterocycles. The molecule has 2 rings (SSSR count). The van der Waals surface area contributed by atoms with E-state index in [1.54, 1.807) is 24.3 Å². The summed E-state index contributed by atoms with van der Waals surface area (Å²) in [4.78, 5) is 35.1. The number of hydrogen-bond acceptors (Lipinski definition) is 4. The maximum atomic E-state index is 11.8. The number of carbonyl (C=O) groups excluding carboxylic acids is 3. The van der Waals surface area contributed by atoms with Crippen molar-refractivity contribution < 1.29 is 19.1 Å². The Morgan fingerprint density at radius 3 is 2.48 bits per heavy atom. The van der Waals surface area contributed by atoms with Crippen LogP contribution in [0.1, 0.15) is 43.0 Å². The number of carbonyl (C=O) groups is 3. The highest BCUT2D eigenvalue weighted by Crippen LogP contribution is 2.18. The summed E-state index contributed by atoms with van der Waals surface area (Å²) in [5.74, 6) is -0.916. The minimum absolute atomic E-state index is 0.0191. The van der Waals surface area contributed by atoms with E-state index in [-0.39, 0.29) is 30.6 Å². The summed E-state index contributed by atoms with van der Waals surface area (Å²) in [6.45, 7) is 1.54. The van der Waals surface area contributed by atoms with Crippen LogP contribution >= 0.6 is 0 Å². The fraction of sp³-hybridized carbons (Fsp3) is 0.438. The molecule has 1 N–H and O–H groups in total. The lowest BCUT2D eigenvalue weighted by atomic mass is 10.1. The van der Waals surface area contributed by atoms with E-state index in [1.807, 2.05) is 6.07 Å². The monoisotopic (exact) mass is 289 g/mol. The highest BCUT2D eigenvalue weighted by atomic mass is 16.5. The number of amides is 1. The molecular formula is C16H19NO4. The third-order valence-corrected chi connectivity index (χ3v) is 3.25. The third-order valence-electron chi connectivity index (χ3n) is 3.25. The predicted molar refractivity (Wildman–Crippen MR) is 76.7 cm³/mol. The fourth-order valence-electron chi connectivity index (χ4n) is 1.84. The zero-order valence-electron chi connectivity index (χ0n) is 12.0. The molecule has 0 unspecified atom stereocenters. The highest BCUT2D eigenvalue weighted by molar-refractivity contribution is 5.97. The SMILES string of the molecule is C[C@@H](OC(=O)CCC(=O)c1ccccc1)C(=O)NC1CC1. The second-order valence-electron chi connectivity index (χ2n) is 5.20. The Bertz CT molecular complexity index is 522. The first-order valence-electron chi connectivity index (χ1n) is 7.14. The molecule has 1 aromatic rings. The van der Waals surface area contributed by atoms with Gasteiger partial charge in [0.25, 0.3) is 5.91 Å². The van der Waals surface area contributed by atoms with Crippen LogP contribution in [0.5, 0.6) is 0 Å². The number of rotatable bonds is 7. The van der Waals surface area contributed by atoms with Gasteiger partial charge in [-0.05, 0) is 19.8 Å². The number of ketones is 1. The molecule has 1 fully saturated rings. The van der Waals surface area contributed by atoms with Gasteiger partial charge < -0.3 is 10.1 Å². The quantitative estimate of drug-likeness (QED) is 0.614. The summed E-state index contributed by atoms with van der Waals surface area (Å²) >= 11 is 0. The Morgan fingerprint density at radius 1 is 1.19 bits per heavy atom. The second kappa shape index (κ2) is 7.02. The molecule has 1 amide bonds. The first-order valence-corrected chi connectivity index (χ1v) is 7.14. The Balaban J connectivity index is 1.71. The van der Waals surface area contributed by atoms with Crippen molar-refractivity contribution in [1.82, 2.24) is 5.32 Å². The van der Waals surface area contributed by atoms with E-state index in [4.69, 9.17) is 4.74 Å². The number of Topliss-reactive ketones (excluding diaryl/α,β-unsaturated/α-hetero) is 1. The molecule has 0 aliphatic heterocycles. The van der Waals surface area contributed by atoms with Crippen LogP contribution in [0.25, 0.3) is 0 Å². The summed E-state index contributed by atoms with van der Waals surface area (Å²) in [7, 11) is 0. The van der Waals surface area contributed by atoms with Crippen molar-refractivity contribution >= 4 is 17.7 Å². The Kier molecular flexibility index (Phi) is 5.09. The van der Waals surface area contributed by atoms with Crippen LogP contribution in [0.15, 0.2) is 30.3 Å². The zero-order chi connectivity index (χ0) is 15.2. The average molecular weight is 289 g/mol. The molecule has 1 atom stereocenters. The normalized spacial score (nSPS) is 15.1. The number of ether oxygens (including phenoxy) is 1. The lowest BCUT2D eigenvalue weighted by molar-refractivity contribution is -0.154. The van der Waals surface area contributed by atoms with Crippen LogP contribution in [0.2, 0.25) is 0 Å². The van der Waals surface area contributed by atoms with Crippen molar-refractivity contribution in [3.8, 4) is 0 Å². The molecule has 1 aliphatic rings. The molecule has 5 heteroatoms. The van der Waals surface area contributed by atoms with E-state index in [2.05, 4.69) is 5.32 Å². The number of nitrogens with one attached hydrogen (secondary N) is 1. The summed E-state index contributed by atoms with van der Waals surface area (Å²) in [6.07, 6.45) is 1.22. The van der Waals surface area contributed by atoms with Gasteiger partial charge in [-0.25, -0.2) is 0 Å². The van der Waals surface area contributed by atoms with Crippen molar-refractivity contribution in [2.45, 2.75) is 44.8 Å². The number of hydrogen-bond donors (Lipinski definition) is 1. The van der Waals surface area contributed by atoms with Crippen LogP contribution in [-0.4, -0.2) is 29.8 Å². The molecule has 0 spiro atoms. The smallest absolute Gasteiger partial charge is 0.307 e. The lowest BCUT2D eigenvalue weighted by Crippen LogP contribution is -2.37. The summed E-state index contributed by atoms with van der Waals surface area (Å²) in [6, 6.07) is 9.02. The molecule has 112 valence electrons. The minimum Gasteiger partial charge on any atom is -0.453 e. The predicted octanol–water partition coefficient (Wildman–Crippen LogP) is 1.86. The Morgan fingerprint density at radius 2 is 1.86 bits per heavy atom. The van der Waals surface area contributed by atoms with Gasteiger partial charge in [0, 0.05) is 18.0 Å². The van der Waals surface area contributed by atoms with E-state index in [9.17, 15) is 14.4 Å². The average Bonchev–Trinajstić information content (AvgIpc) is 3.29. The third kappa shape index (κ3) is 5.02. The van der Waals surface area contributed by atoms with E-state index in [0.717, 1.165) is 12.8 Å². The first-order chi connectivity index (χ1) is 10.1. The number of esters is 1. The fourth-order valence-corrected chi connectivity index (χ4v) is 1.84. The van der Waals surface area contributed by atoms with Crippen molar-refractivity contribution in [1.29, 1.82) is 0 Å². The van der Waals surface area contributed by atoms with Crippen molar-refractivity contribution in [2.75, 3.05) is 0 Å². The second-order valence-corrected chi connectivity index (χ2v) is 5.20. The summed E-state index contributed by atoms with van der Waals surface area (Å²) < 4.78 is 5.02. The Hall–Kier alpha value is -2.17. The molecular weight excluding hydrogens is 270 g/mol. The van der Waals surface area contributed by atoms with E-state index in [1.165, 1.54) is 6.92 Å². The largest absolute Gasteiger partial charge is 0.453 e. The van der Waals surface area contributed by atoms with Gasteiger partial charge in [-0.1, -0.05) is 30.3 Å². The molecule has 0 heterocycles. The lowest BCUT2D eigenvalue weighted by Gasteiger charge is -2.12. The summed E-state index contributed by atoms with van der Waals surface area (Å²) in [5, 5.41) is 2.77. The molecule has 0 radical (unpaired) electrons. The van der Waals surface area contributed by atoms with Crippen LogP contribution in [0, 0.1) is 0 Å². The van der Waals surface area contributed by atoms with Crippen molar-refractivity contribution in [3.05, 3.63) is 35.9 Å². The van der Waals surface area contributed by atoms with Gasteiger partial charge in [-0.2, -0.15) is 0 Å². The molecule has 1 saturated carbocycles. The van der Waals surface area contributed by atoms with E-state index < -0.39 is 12.1 Å². The van der Waals surface area contributed by atoms with Crippen LogP contribution in [-0.2, 0) is 14.3 Å². The first kappa shape index (κ1) is 15.2. The number of benzene rings is 1. The van der Waals surface area contributed by atoms with Gasteiger partial charge in [0.15, 0.2) is 11.9 Å². The zero-order valence-corrected chi connectivity index (χ0v) is 12.0. The van der Waals surface area contributed by atoms with Gasteiger partial charge in [0.1, 0.15) is 0 Å². The van der Waals surface area contributed by atoms with Gasteiger partial charge in [0.2, 0.25) is 0 Å². The topological polar surface area (TPSA) is 72.5 Å². The Labute approximate surface area is 123 Å². The van der Waals surface area contributed by atoms with Crippen molar-refractivity contribution in [3.63, 3.8) is 0 Å². The van der Waals surface area contributed by atoms with E-state index in [0.29, 0.717) is 5.56 Å². The maximum absolute atomic E-state index is 11.8. The maximum Gasteiger partial charge on any atom is 0.307 e. The highest BCUT2D eigenvalue weighted by Gasteiger charge is 2.27. The molecule has 5 nitrogen and oxygen atoms in total. The standard InChI is InChI=1S/C16H19NO4/c1-11(16(20)17-13-7-8-13)21-15(19)10-9-14(18)12-5-3-2-4-6-12/h2-6,11,13H,7-10H2,1H3,(H,17,20)/t11-/m1/s1. The van der Waals surface area contributed by atoms with Gasteiger partial charge in [-0.3, -0.25) is 14.4 Å². The minimum atomic E-state index is -0.815. The molecule has 1 aromatic carbocycles. The van der Waals surface area contributed by atoms with Crippen LogP contribution < -0.4 is 5.32 Å².